The fourth-order valence-corrected chi connectivity index (χ4v) is 1.76. The van der Waals surface area contributed by atoms with Crippen LogP contribution >= 0.6 is 11.6 Å². The first-order valence-corrected chi connectivity index (χ1v) is 5.77. The molecule has 2 N–H and O–H groups in total. The summed E-state index contributed by atoms with van der Waals surface area (Å²) in [5.74, 6) is 0.664. The van der Waals surface area contributed by atoms with Gasteiger partial charge in [-0.25, -0.2) is 0 Å². The highest BCUT2D eigenvalue weighted by molar-refractivity contribution is 6.30. The van der Waals surface area contributed by atoms with Gasteiger partial charge in [0.05, 0.1) is 5.69 Å². The van der Waals surface area contributed by atoms with Crippen molar-refractivity contribution in [3.8, 4) is 5.75 Å². The Morgan fingerprint density at radius 3 is 2.65 bits per heavy atom. The van der Waals surface area contributed by atoms with Gasteiger partial charge in [-0.05, 0) is 36.2 Å². The van der Waals surface area contributed by atoms with E-state index < -0.39 is 0 Å². The molecule has 0 amide bonds. The molecular formula is C14H14ClNO. The molecule has 0 atom stereocenters. The highest BCUT2D eigenvalue weighted by Gasteiger charge is 2.03. The quantitative estimate of drug-likeness (QED) is 0.837. The summed E-state index contributed by atoms with van der Waals surface area (Å²) < 4.78 is 5.68. The van der Waals surface area contributed by atoms with E-state index in [0.29, 0.717) is 23.1 Å². The van der Waals surface area contributed by atoms with Crippen LogP contribution in [0.5, 0.6) is 5.75 Å². The van der Waals surface area contributed by atoms with E-state index in [-0.39, 0.29) is 0 Å². The SMILES string of the molecule is Cc1ccccc1COc1ccc(Cl)cc1N. The first-order valence-electron chi connectivity index (χ1n) is 5.39. The molecule has 0 saturated heterocycles. The zero-order chi connectivity index (χ0) is 12.3. The van der Waals surface area contributed by atoms with Crippen molar-refractivity contribution in [2.45, 2.75) is 13.5 Å². The molecule has 0 unspecified atom stereocenters. The summed E-state index contributed by atoms with van der Waals surface area (Å²) >= 11 is 5.82. The summed E-state index contributed by atoms with van der Waals surface area (Å²) in [4.78, 5) is 0. The maximum absolute atomic E-state index is 5.82. The maximum atomic E-state index is 5.82. The molecule has 0 fully saturated rings. The third-order valence-electron chi connectivity index (χ3n) is 2.62. The molecule has 0 spiro atoms. The third-order valence-corrected chi connectivity index (χ3v) is 2.85. The Kier molecular flexibility index (Phi) is 3.55. The number of benzene rings is 2. The highest BCUT2D eigenvalue weighted by atomic mass is 35.5. The number of anilines is 1. The number of aryl methyl sites for hydroxylation is 1. The Bertz CT molecular complexity index is 525. The van der Waals surface area contributed by atoms with Crippen molar-refractivity contribution in [1.82, 2.24) is 0 Å². The Balaban J connectivity index is 2.10. The van der Waals surface area contributed by atoms with Gasteiger partial charge < -0.3 is 10.5 Å². The Labute approximate surface area is 106 Å². The molecule has 0 bridgehead atoms. The van der Waals surface area contributed by atoms with E-state index in [1.54, 1.807) is 18.2 Å². The molecule has 0 heterocycles. The van der Waals surface area contributed by atoms with Gasteiger partial charge in [0, 0.05) is 5.02 Å². The number of halogens is 1. The predicted octanol–water partition coefficient (Wildman–Crippen LogP) is 3.81. The van der Waals surface area contributed by atoms with E-state index in [1.807, 2.05) is 18.2 Å². The van der Waals surface area contributed by atoms with E-state index in [9.17, 15) is 0 Å². The fraction of sp³-hybridized carbons (Fsp3) is 0.143. The summed E-state index contributed by atoms with van der Waals surface area (Å²) in [7, 11) is 0. The minimum absolute atomic E-state index is 0.512. The van der Waals surface area contributed by atoms with Crippen molar-refractivity contribution in [3.05, 3.63) is 58.6 Å². The van der Waals surface area contributed by atoms with Crippen molar-refractivity contribution >= 4 is 17.3 Å². The van der Waals surface area contributed by atoms with E-state index >= 15 is 0 Å². The van der Waals surface area contributed by atoms with Gasteiger partial charge >= 0.3 is 0 Å². The second kappa shape index (κ2) is 5.11. The number of nitrogen functional groups attached to an aromatic ring is 1. The van der Waals surface area contributed by atoms with Gasteiger partial charge in [-0.3, -0.25) is 0 Å². The van der Waals surface area contributed by atoms with E-state index in [0.717, 1.165) is 5.56 Å². The van der Waals surface area contributed by atoms with Crippen molar-refractivity contribution in [3.63, 3.8) is 0 Å². The second-order valence-corrected chi connectivity index (χ2v) is 4.33. The second-order valence-electron chi connectivity index (χ2n) is 3.90. The monoisotopic (exact) mass is 247 g/mol. The lowest BCUT2D eigenvalue weighted by atomic mass is 10.1. The summed E-state index contributed by atoms with van der Waals surface area (Å²) in [6, 6.07) is 13.4. The number of rotatable bonds is 3. The first kappa shape index (κ1) is 11.8. The molecule has 0 aliphatic heterocycles. The van der Waals surface area contributed by atoms with Crippen LogP contribution in [-0.2, 0) is 6.61 Å². The summed E-state index contributed by atoms with van der Waals surface area (Å²) in [5.41, 5.74) is 8.74. The number of ether oxygens (including phenoxy) is 1. The minimum atomic E-state index is 0.512. The normalized spacial score (nSPS) is 10.2. The summed E-state index contributed by atoms with van der Waals surface area (Å²) in [6.45, 7) is 2.57. The lowest BCUT2D eigenvalue weighted by Crippen LogP contribution is -2.00. The third kappa shape index (κ3) is 2.92. The lowest BCUT2D eigenvalue weighted by Gasteiger charge is -2.10. The predicted molar refractivity (Wildman–Crippen MR) is 71.4 cm³/mol. The van der Waals surface area contributed by atoms with Gasteiger partial charge in [0.2, 0.25) is 0 Å². The molecule has 0 aromatic heterocycles. The molecule has 2 rings (SSSR count). The standard InChI is InChI=1S/C14H14ClNO/c1-10-4-2-3-5-11(10)9-17-14-7-6-12(15)8-13(14)16/h2-8H,9,16H2,1H3. The van der Waals surface area contributed by atoms with Gasteiger partial charge in [-0.1, -0.05) is 35.9 Å². The first-order chi connectivity index (χ1) is 8.16. The molecule has 0 aliphatic rings. The van der Waals surface area contributed by atoms with Crippen molar-refractivity contribution in [1.29, 1.82) is 0 Å². The molecule has 88 valence electrons. The largest absolute Gasteiger partial charge is 0.487 e. The van der Waals surface area contributed by atoms with Crippen LogP contribution in [0.25, 0.3) is 0 Å². The lowest BCUT2D eigenvalue weighted by molar-refractivity contribution is 0.307. The average Bonchev–Trinajstić information content (AvgIpc) is 2.30. The van der Waals surface area contributed by atoms with Gasteiger partial charge in [-0.2, -0.15) is 0 Å². The van der Waals surface area contributed by atoms with Crippen LogP contribution in [0.4, 0.5) is 5.69 Å². The molecule has 0 saturated carbocycles. The summed E-state index contributed by atoms with van der Waals surface area (Å²) in [6.07, 6.45) is 0. The zero-order valence-corrected chi connectivity index (χ0v) is 10.4. The molecule has 17 heavy (non-hydrogen) atoms. The molecule has 0 aliphatic carbocycles. The maximum Gasteiger partial charge on any atom is 0.142 e. The molecule has 2 aromatic carbocycles. The number of nitrogens with two attached hydrogens (primary N) is 1. The van der Waals surface area contributed by atoms with Gasteiger partial charge in [0.15, 0.2) is 0 Å². The number of hydrogen-bond donors (Lipinski definition) is 1. The van der Waals surface area contributed by atoms with Crippen LogP contribution in [0, 0.1) is 6.92 Å². The summed E-state index contributed by atoms with van der Waals surface area (Å²) in [5, 5.41) is 0.616. The zero-order valence-electron chi connectivity index (χ0n) is 9.61. The molecule has 2 aromatic rings. The van der Waals surface area contributed by atoms with Gasteiger partial charge in [0.1, 0.15) is 12.4 Å². The average molecular weight is 248 g/mol. The van der Waals surface area contributed by atoms with Gasteiger partial charge in [0.25, 0.3) is 0 Å². The molecular weight excluding hydrogens is 234 g/mol. The smallest absolute Gasteiger partial charge is 0.142 e. The molecule has 0 radical (unpaired) electrons. The van der Waals surface area contributed by atoms with Crippen LogP contribution in [0.15, 0.2) is 42.5 Å². The Hall–Kier alpha value is -1.67. The van der Waals surface area contributed by atoms with Crippen LogP contribution in [-0.4, -0.2) is 0 Å². The van der Waals surface area contributed by atoms with Crippen LogP contribution in [0.3, 0.4) is 0 Å². The number of hydrogen-bond acceptors (Lipinski definition) is 2. The van der Waals surface area contributed by atoms with Crippen LogP contribution < -0.4 is 10.5 Å². The molecule has 3 heteroatoms. The van der Waals surface area contributed by atoms with E-state index in [4.69, 9.17) is 22.1 Å². The fourth-order valence-electron chi connectivity index (χ4n) is 1.58. The Morgan fingerprint density at radius 2 is 1.94 bits per heavy atom. The van der Waals surface area contributed by atoms with Crippen molar-refractivity contribution in [2.24, 2.45) is 0 Å². The minimum Gasteiger partial charge on any atom is -0.487 e. The van der Waals surface area contributed by atoms with E-state index in [2.05, 4.69) is 13.0 Å². The van der Waals surface area contributed by atoms with E-state index in [1.165, 1.54) is 5.56 Å². The van der Waals surface area contributed by atoms with Crippen molar-refractivity contribution < 1.29 is 4.74 Å². The van der Waals surface area contributed by atoms with Crippen LogP contribution in [0.1, 0.15) is 11.1 Å². The molecule has 2 nitrogen and oxygen atoms in total. The Morgan fingerprint density at radius 1 is 1.18 bits per heavy atom. The van der Waals surface area contributed by atoms with Crippen LogP contribution in [0.2, 0.25) is 5.02 Å². The van der Waals surface area contributed by atoms with Gasteiger partial charge in [-0.15, -0.1) is 0 Å². The van der Waals surface area contributed by atoms with Crippen molar-refractivity contribution in [2.75, 3.05) is 5.73 Å². The topological polar surface area (TPSA) is 35.2 Å². The highest BCUT2D eigenvalue weighted by Crippen LogP contribution is 2.25.